The number of benzene rings is 2. The molecule has 0 radical (unpaired) electrons. The number of carbonyl (C=O) groups excluding carboxylic acids is 1. The van der Waals surface area contributed by atoms with E-state index in [0.717, 1.165) is 16.3 Å². The number of hydrogen-bond acceptors (Lipinski definition) is 3. The highest BCUT2D eigenvalue weighted by molar-refractivity contribution is 7.99. The van der Waals surface area contributed by atoms with Crippen LogP contribution in [0, 0.1) is 11.3 Å². The van der Waals surface area contributed by atoms with Gasteiger partial charge in [-0.1, -0.05) is 18.2 Å². The molecule has 21 heavy (non-hydrogen) atoms. The van der Waals surface area contributed by atoms with E-state index < -0.39 is 0 Å². The van der Waals surface area contributed by atoms with Crippen LogP contribution >= 0.6 is 11.8 Å². The van der Waals surface area contributed by atoms with Crippen molar-refractivity contribution >= 4 is 23.4 Å². The molecule has 3 nitrogen and oxygen atoms in total. The fraction of sp³-hybridized carbons (Fsp3) is 0.0588. The van der Waals surface area contributed by atoms with Crippen molar-refractivity contribution in [3.05, 3.63) is 72.3 Å². The molecule has 0 atom stereocenters. The highest BCUT2D eigenvalue weighted by Gasteiger charge is 2.09. The van der Waals surface area contributed by atoms with Crippen LogP contribution < -0.4 is 5.32 Å². The van der Waals surface area contributed by atoms with Crippen LogP contribution in [0.15, 0.2) is 66.1 Å². The topological polar surface area (TPSA) is 52.9 Å². The van der Waals surface area contributed by atoms with Gasteiger partial charge in [-0.3, -0.25) is 4.79 Å². The van der Waals surface area contributed by atoms with Crippen molar-refractivity contribution in [3.63, 3.8) is 0 Å². The van der Waals surface area contributed by atoms with Gasteiger partial charge >= 0.3 is 0 Å². The molecule has 104 valence electrons. The largest absolute Gasteiger partial charge is 0.321 e. The number of nitrogens with one attached hydrogen (secondary N) is 1. The standard InChI is InChI=1S/C17H14N2OS/c1-2-11-21-16-6-4-3-5-15(16)19-17(20)14-9-7-13(12-18)8-10-14/h2-10H,1,11H2,(H,19,20). The minimum atomic E-state index is -0.189. The predicted molar refractivity (Wildman–Crippen MR) is 86.5 cm³/mol. The summed E-state index contributed by atoms with van der Waals surface area (Å²) >= 11 is 1.61. The summed E-state index contributed by atoms with van der Waals surface area (Å²) in [7, 11) is 0. The van der Waals surface area contributed by atoms with Gasteiger partial charge in [0.2, 0.25) is 0 Å². The zero-order valence-electron chi connectivity index (χ0n) is 11.4. The van der Waals surface area contributed by atoms with Crippen molar-refractivity contribution in [1.29, 1.82) is 5.26 Å². The summed E-state index contributed by atoms with van der Waals surface area (Å²) in [4.78, 5) is 13.2. The molecule has 4 heteroatoms. The van der Waals surface area contributed by atoms with Gasteiger partial charge in [0.25, 0.3) is 5.91 Å². The molecule has 1 N–H and O–H groups in total. The number of nitriles is 1. The molecule has 0 aliphatic rings. The molecule has 0 saturated heterocycles. The summed E-state index contributed by atoms with van der Waals surface area (Å²) in [6, 6.07) is 16.2. The van der Waals surface area contributed by atoms with E-state index in [2.05, 4.69) is 11.9 Å². The Hall–Kier alpha value is -2.51. The number of carbonyl (C=O) groups is 1. The number of para-hydroxylation sites is 1. The van der Waals surface area contributed by atoms with Crippen molar-refractivity contribution in [2.75, 3.05) is 11.1 Å². The van der Waals surface area contributed by atoms with E-state index in [-0.39, 0.29) is 5.91 Å². The SMILES string of the molecule is C=CCSc1ccccc1NC(=O)c1ccc(C#N)cc1. The Morgan fingerprint density at radius 1 is 1.24 bits per heavy atom. The van der Waals surface area contributed by atoms with Crippen LogP contribution in [0.4, 0.5) is 5.69 Å². The van der Waals surface area contributed by atoms with Crippen LogP contribution in [-0.2, 0) is 0 Å². The molecular weight excluding hydrogens is 280 g/mol. The number of nitrogens with zero attached hydrogens (tertiary/aromatic N) is 1. The van der Waals surface area contributed by atoms with Crippen LogP contribution in [0.2, 0.25) is 0 Å². The van der Waals surface area contributed by atoms with Crippen LogP contribution in [-0.4, -0.2) is 11.7 Å². The lowest BCUT2D eigenvalue weighted by molar-refractivity contribution is 0.102. The average molecular weight is 294 g/mol. The first-order chi connectivity index (χ1) is 10.2. The molecule has 0 heterocycles. The molecule has 2 aromatic rings. The van der Waals surface area contributed by atoms with Gasteiger partial charge in [-0.15, -0.1) is 18.3 Å². The third-order valence-corrected chi connectivity index (χ3v) is 3.84. The van der Waals surface area contributed by atoms with Gasteiger partial charge in [0.05, 0.1) is 17.3 Å². The Morgan fingerprint density at radius 3 is 2.62 bits per heavy atom. The molecule has 0 aliphatic carbocycles. The van der Waals surface area contributed by atoms with Crippen molar-refractivity contribution in [1.82, 2.24) is 0 Å². The second-order valence-electron chi connectivity index (χ2n) is 4.24. The Kier molecular flexibility index (Phi) is 5.19. The summed E-state index contributed by atoms with van der Waals surface area (Å²) < 4.78 is 0. The first kappa shape index (κ1) is 14.9. The lowest BCUT2D eigenvalue weighted by atomic mass is 10.1. The van der Waals surface area contributed by atoms with Crippen molar-refractivity contribution in [3.8, 4) is 6.07 Å². The number of amides is 1. The maximum atomic E-state index is 12.2. The Balaban J connectivity index is 2.15. The molecule has 0 aromatic heterocycles. The Labute approximate surface area is 128 Å². The zero-order chi connectivity index (χ0) is 15.1. The maximum absolute atomic E-state index is 12.2. The highest BCUT2D eigenvalue weighted by atomic mass is 32.2. The van der Waals surface area contributed by atoms with E-state index in [1.165, 1.54) is 0 Å². The van der Waals surface area contributed by atoms with Gasteiger partial charge in [-0.05, 0) is 36.4 Å². The molecule has 2 aromatic carbocycles. The van der Waals surface area contributed by atoms with Crippen LogP contribution in [0.3, 0.4) is 0 Å². The van der Waals surface area contributed by atoms with Gasteiger partial charge in [0, 0.05) is 16.2 Å². The second kappa shape index (κ2) is 7.32. The van der Waals surface area contributed by atoms with Crippen LogP contribution in [0.25, 0.3) is 0 Å². The molecule has 0 saturated carbocycles. The van der Waals surface area contributed by atoms with E-state index in [1.807, 2.05) is 36.4 Å². The van der Waals surface area contributed by atoms with Crippen LogP contribution in [0.5, 0.6) is 0 Å². The molecule has 1 amide bonds. The first-order valence-electron chi connectivity index (χ1n) is 6.39. The number of thioether (sulfide) groups is 1. The molecule has 0 fully saturated rings. The van der Waals surface area contributed by atoms with E-state index in [9.17, 15) is 4.79 Å². The minimum Gasteiger partial charge on any atom is -0.321 e. The molecule has 0 aliphatic heterocycles. The predicted octanol–water partition coefficient (Wildman–Crippen LogP) is 4.09. The Bertz CT molecular complexity index is 687. The van der Waals surface area contributed by atoms with Crippen molar-refractivity contribution in [2.45, 2.75) is 4.90 Å². The summed E-state index contributed by atoms with van der Waals surface area (Å²) in [5.41, 5.74) is 1.84. The van der Waals surface area contributed by atoms with Gasteiger partial charge < -0.3 is 5.32 Å². The smallest absolute Gasteiger partial charge is 0.255 e. The molecule has 0 bridgehead atoms. The number of anilines is 1. The van der Waals surface area contributed by atoms with Gasteiger partial charge in [0.1, 0.15) is 0 Å². The third kappa shape index (κ3) is 3.98. The summed E-state index contributed by atoms with van der Waals surface area (Å²) in [5.74, 6) is 0.593. The van der Waals surface area contributed by atoms with Crippen molar-refractivity contribution in [2.24, 2.45) is 0 Å². The van der Waals surface area contributed by atoms with E-state index in [0.29, 0.717) is 11.1 Å². The third-order valence-electron chi connectivity index (χ3n) is 2.77. The quantitative estimate of drug-likeness (QED) is 0.667. The van der Waals surface area contributed by atoms with Gasteiger partial charge in [-0.2, -0.15) is 5.26 Å². The fourth-order valence-electron chi connectivity index (χ4n) is 1.74. The second-order valence-corrected chi connectivity index (χ2v) is 5.30. The molecule has 2 rings (SSSR count). The first-order valence-corrected chi connectivity index (χ1v) is 7.37. The monoisotopic (exact) mass is 294 g/mol. The van der Waals surface area contributed by atoms with E-state index in [1.54, 1.807) is 36.0 Å². The molecular formula is C17H14N2OS. The number of rotatable bonds is 5. The zero-order valence-corrected chi connectivity index (χ0v) is 12.2. The minimum absolute atomic E-state index is 0.189. The van der Waals surface area contributed by atoms with E-state index in [4.69, 9.17) is 5.26 Å². The summed E-state index contributed by atoms with van der Waals surface area (Å²) in [6.07, 6.45) is 1.82. The van der Waals surface area contributed by atoms with Gasteiger partial charge in [0.15, 0.2) is 0 Å². The molecule has 0 unspecified atom stereocenters. The average Bonchev–Trinajstić information content (AvgIpc) is 2.54. The molecule has 0 spiro atoms. The fourth-order valence-corrected chi connectivity index (χ4v) is 2.48. The summed E-state index contributed by atoms with van der Waals surface area (Å²) in [5, 5.41) is 11.7. The van der Waals surface area contributed by atoms with Crippen LogP contribution in [0.1, 0.15) is 15.9 Å². The lowest BCUT2D eigenvalue weighted by Crippen LogP contribution is -2.12. The van der Waals surface area contributed by atoms with Gasteiger partial charge in [-0.25, -0.2) is 0 Å². The lowest BCUT2D eigenvalue weighted by Gasteiger charge is -2.10. The van der Waals surface area contributed by atoms with E-state index >= 15 is 0 Å². The number of hydrogen-bond donors (Lipinski definition) is 1. The maximum Gasteiger partial charge on any atom is 0.255 e. The Morgan fingerprint density at radius 2 is 1.95 bits per heavy atom. The normalized spacial score (nSPS) is 9.67. The summed E-state index contributed by atoms with van der Waals surface area (Å²) in [6.45, 7) is 3.70. The highest BCUT2D eigenvalue weighted by Crippen LogP contribution is 2.27. The van der Waals surface area contributed by atoms with Crippen molar-refractivity contribution < 1.29 is 4.79 Å².